The molecule has 0 aromatic carbocycles. The Morgan fingerprint density at radius 1 is 1.44 bits per heavy atom. The summed E-state index contributed by atoms with van der Waals surface area (Å²) < 4.78 is 37.4. The van der Waals surface area contributed by atoms with E-state index in [1.807, 2.05) is 7.05 Å². The van der Waals surface area contributed by atoms with Gasteiger partial charge in [0, 0.05) is 12.6 Å². The molecule has 3 nitrogen and oxygen atoms in total. The zero-order valence-corrected chi connectivity index (χ0v) is 10.2. The highest BCUT2D eigenvalue weighted by molar-refractivity contribution is 5.36. The monoisotopic (exact) mass is 259 g/mol. The highest BCUT2D eigenvalue weighted by Gasteiger charge is 2.32. The Morgan fingerprint density at radius 2 is 2.22 bits per heavy atom. The van der Waals surface area contributed by atoms with Gasteiger partial charge in [-0.25, -0.2) is 4.98 Å². The van der Waals surface area contributed by atoms with Crippen molar-refractivity contribution in [1.29, 1.82) is 0 Å². The number of hydrogen-bond acceptors (Lipinski definition) is 3. The molecular formula is C12H16F3N3. The molecule has 1 aliphatic heterocycles. The first-order valence-corrected chi connectivity index (χ1v) is 5.95. The van der Waals surface area contributed by atoms with Crippen LogP contribution in [0.5, 0.6) is 0 Å². The van der Waals surface area contributed by atoms with Gasteiger partial charge in [0.2, 0.25) is 0 Å². The lowest BCUT2D eigenvalue weighted by atomic mass is 10.2. The first-order chi connectivity index (χ1) is 8.47. The van der Waals surface area contributed by atoms with Gasteiger partial charge in [0.15, 0.2) is 0 Å². The molecule has 0 amide bonds. The molecule has 1 fully saturated rings. The van der Waals surface area contributed by atoms with Crippen LogP contribution in [-0.4, -0.2) is 36.1 Å². The number of hydrogen-bond donors (Lipinski definition) is 1. The third kappa shape index (κ3) is 3.13. The Kier molecular flexibility index (Phi) is 3.75. The highest BCUT2D eigenvalue weighted by Crippen LogP contribution is 2.28. The fraction of sp³-hybridized carbons (Fsp3) is 0.583. The number of rotatable bonds is 3. The smallest absolute Gasteiger partial charge is 0.368 e. The number of anilines is 1. The van der Waals surface area contributed by atoms with Gasteiger partial charge in [-0.3, -0.25) is 0 Å². The molecule has 1 aliphatic rings. The van der Waals surface area contributed by atoms with Gasteiger partial charge in [-0.05, 0) is 38.6 Å². The molecule has 18 heavy (non-hydrogen) atoms. The maximum Gasteiger partial charge on any atom is 0.433 e. The van der Waals surface area contributed by atoms with Crippen molar-refractivity contribution in [2.75, 3.05) is 25.5 Å². The van der Waals surface area contributed by atoms with Gasteiger partial charge >= 0.3 is 6.18 Å². The van der Waals surface area contributed by atoms with E-state index < -0.39 is 11.9 Å². The Labute approximate surface area is 104 Å². The minimum Gasteiger partial charge on any atom is -0.368 e. The number of nitrogens with zero attached hydrogens (tertiary/aromatic N) is 2. The van der Waals surface area contributed by atoms with E-state index >= 15 is 0 Å². The minimum atomic E-state index is -4.39. The number of halogens is 3. The molecule has 1 aromatic heterocycles. The van der Waals surface area contributed by atoms with Crippen LogP contribution >= 0.6 is 0 Å². The van der Waals surface area contributed by atoms with Crippen LogP contribution in [0.4, 0.5) is 19.0 Å². The topological polar surface area (TPSA) is 28.2 Å². The predicted molar refractivity (Wildman–Crippen MR) is 63.4 cm³/mol. The van der Waals surface area contributed by atoms with E-state index in [1.165, 1.54) is 6.07 Å². The molecular weight excluding hydrogens is 243 g/mol. The fourth-order valence-electron chi connectivity index (χ4n) is 2.15. The summed E-state index contributed by atoms with van der Waals surface area (Å²) in [5.41, 5.74) is -0.854. The lowest BCUT2D eigenvalue weighted by molar-refractivity contribution is -0.141. The summed E-state index contributed by atoms with van der Waals surface area (Å²) in [5, 5.41) is 2.98. The zero-order chi connectivity index (χ0) is 13.2. The Morgan fingerprint density at radius 3 is 2.83 bits per heavy atom. The SMILES string of the molecule is CN1CCCC1CNc1cccc(C(F)(F)F)n1. The van der Waals surface area contributed by atoms with Crippen molar-refractivity contribution in [1.82, 2.24) is 9.88 Å². The second kappa shape index (κ2) is 5.14. The molecule has 1 aromatic rings. The lowest BCUT2D eigenvalue weighted by Crippen LogP contribution is -2.31. The van der Waals surface area contributed by atoms with Gasteiger partial charge < -0.3 is 10.2 Å². The van der Waals surface area contributed by atoms with Gasteiger partial charge in [0.1, 0.15) is 11.5 Å². The van der Waals surface area contributed by atoms with Crippen molar-refractivity contribution in [3.8, 4) is 0 Å². The van der Waals surface area contributed by atoms with Crippen molar-refractivity contribution in [3.63, 3.8) is 0 Å². The Balaban J connectivity index is 1.97. The second-order valence-electron chi connectivity index (χ2n) is 4.56. The van der Waals surface area contributed by atoms with Crippen LogP contribution < -0.4 is 5.32 Å². The number of aromatic nitrogens is 1. The van der Waals surface area contributed by atoms with E-state index in [-0.39, 0.29) is 5.82 Å². The van der Waals surface area contributed by atoms with Crippen LogP contribution in [0.25, 0.3) is 0 Å². The molecule has 0 saturated carbocycles. The molecule has 100 valence electrons. The molecule has 2 heterocycles. The fourth-order valence-corrected chi connectivity index (χ4v) is 2.15. The summed E-state index contributed by atoms with van der Waals surface area (Å²) in [4.78, 5) is 5.78. The first-order valence-electron chi connectivity index (χ1n) is 5.95. The molecule has 0 radical (unpaired) electrons. The van der Waals surface area contributed by atoms with Crippen molar-refractivity contribution in [2.45, 2.75) is 25.1 Å². The Bertz CT molecular complexity index is 406. The molecule has 1 atom stereocenters. The second-order valence-corrected chi connectivity index (χ2v) is 4.56. The Hall–Kier alpha value is -1.30. The van der Waals surface area contributed by atoms with Gasteiger partial charge in [-0.15, -0.1) is 0 Å². The largest absolute Gasteiger partial charge is 0.433 e. The van der Waals surface area contributed by atoms with E-state index in [2.05, 4.69) is 15.2 Å². The van der Waals surface area contributed by atoms with E-state index in [0.29, 0.717) is 12.6 Å². The molecule has 6 heteroatoms. The molecule has 1 N–H and O–H groups in total. The summed E-state index contributed by atoms with van der Waals surface area (Å²) in [6.45, 7) is 1.67. The summed E-state index contributed by atoms with van der Waals surface area (Å²) in [6, 6.07) is 4.29. The van der Waals surface area contributed by atoms with Crippen LogP contribution in [0.3, 0.4) is 0 Å². The zero-order valence-electron chi connectivity index (χ0n) is 10.2. The summed E-state index contributed by atoms with van der Waals surface area (Å²) in [6.07, 6.45) is -2.18. The van der Waals surface area contributed by atoms with E-state index in [1.54, 1.807) is 6.07 Å². The summed E-state index contributed by atoms with van der Waals surface area (Å²) in [5.74, 6) is 0.283. The third-order valence-corrected chi connectivity index (χ3v) is 3.23. The van der Waals surface area contributed by atoms with Crippen molar-refractivity contribution >= 4 is 5.82 Å². The van der Waals surface area contributed by atoms with Gasteiger partial charge in [-0.2, -0.15) is 13.2 Å². The maximum atomic E-state index is 12.5. The number of likely N-dealkylation sites (tertiary alicyclic amines) is 1. The number of pyridine rings is 1. The van der Waals surface area contributed by atoms with E-state index in [0.717, 1.165) is 25.5 Å². The van der Waals surface area contributed by atoms with E-state index in [4.69, 9.17) is 0 Å². The minimum absolute atomic E-state index is 0.283. The number of alkyl halides is 3. The molecule has 1 unspecified atom stereocenters. The summed E-state index contributed by atoms with van der Waals surface area (Å²) >= 11 is 0. The van der Waals surface area contributed by atoms with E-state index in [9.17, 15) is 13.2 Å². The number of nitrogens with one attached hydrogen (secondary N) is 1. The van der Waals surface area contributed by atoms with Crippen LogP contribution in [-0.2, 0) is 6.18 Å². The van der Waals surface area contributed by atoms with Crippen LogP contribution in [0.15, 0.2) is 18.2 Å². The summed E-state index contributed by atoms with van der Waals surface area (Å²) in [7, 11) is 2.03. The maximum absolute atomic E-state index is 12.5. The van der Waals surface area contributed by atoms with Crippen LogP contribution in [0.2, 0.25) is 0 Å². The predicted octanol–water partition coefficient (Wildman–Crippen LogP) is 2.61. The van der Waals surface area contributed by atoms with Gasteiger partial charge in [0.25, 0.3) is 0 Å². The van der Waals surface area contributed by atoms with Gasteiger partial charge in [0.05, 0.1) is 0 Å². The van der Waals surface area contributed by atoms with Gasteiger partial charge in [-0.1, -0.05) is 6.07 Å². The highest BCUT2D eigenvalue weighted by atomic mass is 19.4. The lowest BCUT2D eigenvalue weighted by Gasteiger charge is -2.20. The molecule has 0 aliphatic carbocycles. The number of likely N-dealkylation sites (N-methyl/N-ethyl adjacent to an activating group) is 1. The van der Waals surface area contributed by atoms with Crippen molar-refractivity contribution < 1.29 is 13.2 Å². The molecule has 1 saturated heterocycles. The standard InChI is InChI=1S/C12H16F3N3/c1-18-7-3-4-9(18)8-16-11-6-2-5-10(17-11)12(13,14)15/h2,5-6,9H,3-4,7-8H2,1H3,(H,16,17). The molecule has 0 bridgehead atoms. The third-order valence-electron chi connectivity index (χ3n) is 3.23. The van der Waals surface area contributed by atoms with Crippen LogP contribution in [0, 0.1) is 0 Å². The average Bonchev–Trinajstić information content (AvgIpc) is 2.72. The normalized spacial score (nSPS) is 21.2. The average molecular weight is 259 g/mol. The quantitative estimate of drug-likeness (QED) is 0.904. The van der Waals surface area contributed by atoms with Crippen molar-refractivity contribution in [2.24, 2.45) is 0 Å². The van der Waals surface area contributed by atoms with Crippen molar-refractivity contribution in [3.05, 3.63) is 23.9 Å². The van der Waals surface area contributed by atoms with Crippen LogP contribution in [0.1, 0.15) is 18.5 Å². The molecule has 0 spiro atoms. The molecule has 2 rings (SSSR count). The first kappa shape index (κ1) is 13.1.